The lowest BCUT2D eigenvalue weighted by Crippen LogP contribution is -2.29. The molecule has 1 N–H and O–H groups in total. The molecule has 1 heterocycles. The minimum absolute atomic E-state index is 0.183. The Morgan fingerprint density at radius 3 is 2.44 bits per heavy atom. The number of hydrogen-bond donors (Lipinski definition) is 1. The maximum atomic E-state index is 12.5. The molecule has 0 fully saturated rings. The van der Waals surface area contributed by atoms with E-state index in [9.17, 15) is 18.0 Å². The third kappa shape index (κ3) is 3.16. The molecule has 0 aliphatic rings. The van der Waals surface area contributed by atoms with E-state index in [1.807, 2.05) is 13.8 Å². The average molecular weight is 284 g/mol. The number of carbonyl (C=O) groups is 1. The summed E-state index contributed by atoms with van der Waals surface area (Å²) >= 11 is 5.56. The molecule has 0 aliphatic carbocycles. The number of alkyl halides is 3. The van der Waals surface area contributed by atoms with Gasteiger partial charge in [-0.15, -0.1) is 0 Å². The number of amides is 1. The third-order valence-corrected chi connectivity index (χ3v) is 2.50. The molecule has 1 aromatic heterocycles. The zero-order chi connectivity index (χ0) is 14.1. The van der Waals surface area contributed by atoms with Crippen molar-refractivity contribution in [3.8, 4) is 0 Å². The molecule has 102 valence electrons. The standard InChI is InChI=1S/C10H13ClF3N3O/c1-5(2)4-15-9(18)7-6(11)8(10(12,13)14)16-17(7)3/h5H,4H2,1-3H3,(H,15,18). The molecule has 18 heavy (non-hydrogen) atoms. The lowest BCUT2D eigenvalue weighted by molar-refractivity contribution is -0.141. The maximum absolute atomic E-state index is 12.5. The predicted molar refractivity (Wildman–Crippen MR) is 60.4 cm³/mol. The van der Waals surface area contributed by atoms with Crippen molar-refractivity contribution in [2.75, 3.05) is 6.54 Å². The molecule has 0 unspecified atom stereocenters. The summed E-state index contributed by atoms with van der Waals surface area (Å²) < 4.78 is 38.4. The number of halogens is 4. The molecule has 0 saturated heterocycles. The Bertz CT molecular complexity index is 454. The van der Waals surface area contributed by atoms with E-state index < -0.39 is 22.8 Å². The van der Waals surface area contributed by atoms with Gasteiger partial charge < -0.3 is 5.32 Å². The Balaban J connectivity index is 3.04. The zero-order valence-electron chi connectivity index (χ0n) is 10.1. The summed E-state index contributed by atoms with van der Waals surface area (Å²) in [4.78, 5) is 11.7. The van der Waals surface area contributed by atoms with Crippen LogP contribution in [0, 0.1) is 5.92 Å². The van der Waals surface area contributed by atoms with E-state index >= 15 is 0 Å². The van der Waals surface area contributed by atoms with Gasteiger partial charge in [-0.05, 0) is 5.92 Å². The molecule has 0 radical (unpaired) electrons. The van der Waals surface area contributed by atoms with Crippen LogP contribution in [-0.4, -0.2) is 22.2 Å². The van der Waals surface area contributed by atoms with Gasteiger partial charge in [0.2, 0.25) is 0 Å². The van der Waals surface area contributed by atoms with E-state index in [-0.39, 0.29) is 11.6 Å². The molecule has 0 atom stereocenters. The molecule has 0 aromatic carbocycles. The summed E-state index contributed by atoms with van der Waals surface area (Å²) in [7, 11) is 1.24. The molecule has 0 bridgehead atoms. The zero-order valence-corrected chi connectivity index (χ0v) is 10.9. The van der Waals surface area contributed by atoms with Crippen molar-refractivity contribution in [2.45, 2.75) is 20.0 Å². The van der Waals surface area contributed by atoms with E-state index in [0.29, 0.717) is 6.54 Å². The Labute approximate surface area is 107 Å². The number of nitrogens with zero attached hydrogens (tertiary/aromatic N) is 2. The Morgan fingerprint density at radius 1 is 1.50 bits per heavy atom. The van der Waals surface area contributed by atoms with Crippen molar-refractivity contribution in [3.63, 3.8) is 0 Å². The van der Waals surface area contributed by atoms with Crippen molar-refractivity contribution in [2.24, 2.45) is 13.0 Å². The quantitative estimate of drug-likeness (QED) is 0.926. The SMILES string of the molecule is CC(C)CNC(=O)c1c(Cl)c(C(F)(F)F)nn1C. The van der Waals surface area contributed by atoms with Crippen LogP contribution in [0.3, 0.4) is 0 Å². The molecule has 0 saturated carbocycles. The second-order valence-electron chi connectivity index (χ2n) is 4.24. The van der Waals surface area contributed by atoms with E-state index in [2.05, 4.69) is 10.4 Å². The van der Waals surface area contributed by atoms with Gasteiger partial charge in [0.1, 0.15) is 10.7 Å². The van der Waals surface area contributed by atoms with E-state index in [4.69, 9.17) is 11.6 Å². The summed E-state index contributed by atoms with van der Waals surface area (Å²) in [6.07, 6.45) is -4.68. The van der Waals surface area contributed by atoms with Crippen LogP contribution in [0.2, 0.25) is 5.02 Å². The molecular formula is C10H13ClF3N3O. The molecule has 8 heteroatoms. The van der Waals surface area contributed by atoms with Gasteiger partial charge in [-0.1, -0.05) is 25.4 Å². The largest absolute Gasteiger partial charge is 0.436 e. The van der Waals surface area contributed by atoms with Crippen LogP contribution < -0.4 is 5.32 Å². The number of nitrogens with one attached hydrogen (secondary N) is 1. The highest BCUT2D eigenvalue weighted by atomic mass is 35.5. The first kappa shape index (κ1) is 14.8. The molecule has 1 amide bonds. The fraction of sp³-hybridized carbons (Fsp3) is 0.600. The van der Waals surface area contributed by atoms with Crippen LogP contribution in [0.1, 0.15) is 30.0 Å². The van der Waals surface area contributed by atoms with Crippen LogP contribution in [-0.2, 0) is 13.2 Å². The van der Waals surface area contributed by atoms with Crippen LogP contribution in [0.4, 0.5) is 13.2 Å². The number of hydrogen-bond acceptors (Lipinski definition) is 2. The van der Waals surface area contributed by atoms with Crippen LogP contribution >= 0.6 is 11.6 Å². The highest BCUT2D eigenvalue weighted by Crippen LogP contribution is 2.35. The van der Waals surface area contributed by atoms with Gasteiger partial charge >= 0.3 is 6.18 Å². The Kier molecular flexibility index (Phi) is 4.26. The highest BCUT2D eigenvalue weighted by molar-refractivity contribution is 6.34. The predicted octanol–water partition coefficient (Wildman–Crippen LogP) is 2.48. The number of carbonyl (C=O) groups excluding carboxylic acids is 1. The van der Waals surface area contributed by atoms with Gasteiger partial charge in [0.05, 0.1) is 0 Å². The van der Waals surface area contributed by atoms with Crippen molar-refractivity contribution in [3.05, 3.63) is 16.4 Å². The number of aryl methyl sites for hydroxylation is 1. The summed E-state index contributed by atoms with van der Waals surface area (Å²) in [5.41, 5.74) is -1.54. The summed E-state index contributed by atoms with van der Waals surface area (Å²) in [6.45, 7) is 4.08. The van der Waals surface area contributed by atoms with E-state index in [1.165, 1.54) is 7.05 Å². The number of aromatic nitrogens is 2. The topological polar surface area (TPSA) is 46.9 Å². The summed E-state index contributed by atoms with van der Waals surface area (Å²) in [5, 5.41) is 5.05. The molecule has 4 nitrogen and oxygen atoms in total. The smallest absolute Gasteiger partial charge is 0.350 e. The first-order chi connectivity index (χ1) is 8.14. The maximum Gasteiger partial charge on any atom is 0.436 e. The fourth-order valence-electron chi connectivity index (χ4n) is 1.31. The van der Waals surface area contributed by atoms with Gasteiger partial charge in [-0.25, -0.2) is 0 Å². The molecule has 1 rings (SSSR count). The second kappa shape index (κ2) is 5.17. The Morgan fingerprint density at radius 2 is 2.06 bits per heavy atom. The van der Waals surface area contributed by atoms with Crippen molar-refractivity contribution >= 4 is 17.5 Å². The van der Waals surface area contributed by atoms with E-state index in [0.717, 1.165) is 4.68 Å². The minimum atomic E-state index is -4.68. The van der Waals surface area contributed by atoms with Gasteiger partial charge in [0, 0.05) is 13.6 Å². The van der Waals surface area contributed by atoms with Gasteiger partial charge in [-0.2, -0.15) is 18.3 Å². The van der Waals surface area contributed by atoms with Gasteiger partial charge in [0.15, 0.2) is 5.69 Å². The van der Waals surface area contributed by atoms with Crippen molar-refractivity contribution < 1.29 is 18.0 Å². The summed E-state index contributed by atoms with van der Waals surface area (Å²) in [5.74, 6) is -0.484. The second-order valence-corrected chi connectivity index (χ2v) is 4.61. The first-order valence-electron chi connectivity index (χ1n) is 5.22. The molecule has 0 aliphatic heterocycles. The summed E-state index contributed by atoms with van der Waals surface area (Å²) in [6, 6.07) is 0. The Hall–Kier alpha value is -1.24. The third-order valence-electron chi connectivity index (χ3n) is 2.14. The van der Waals surface area contributed by atoms with Crippen molar-refractivity contribution in [1.29, 1.82) is 0 Å². The van der Waals surface area contributed by atoms with Crippen molar-refractivity contribution in [1.82, 2.24) is 15.1 Å². The van der Waals surface area contributed by atoms with Gasteiger partial charge in [-0.3, -0.25) is 9.48 Å². The minimum Gasteiger partial charge on any atom is -0.350 e. The number of rotatable bonds is 3. The van der Waals surface area contributed by atoms with Crippen LogP contribution in [0.25, 0.3) is 0 Å². The lowest BCUT2D eigenvalue weighted by Gasteiger charge is -2.07. The molecule has 0 spiro atoms. The monoisotopic (exact) mass is 283 g/mol. The lowest BCUT2D eigenvalue weighted by atomic mass is 10.2. The molecular weight excluding hydrogens is 271 g/mol. The average Bonchev–Trinajstić information content (AvgIpc) is 2.50. The first-order valence-corrected chi connectivity index (χ1v) is 5.60. The highest BCUT2D eigenvalue weighted by Gasteiger charge is 2.39. The molecule has 1 aromatic rings. The van der Waals surface area contributed by atoms with E-state index in [1.54, 1.807) is 0 Å². The van der Waals surface area contributed by atoms with Gasteiger partial charge in [0.25, 0.3) is 5.91 Å². The fourth-order valence-corrected chi connectivity index (χ4v) is 1.66. The van der Waals surface area contributed by atoms with Crippen LogP contribution in [0.15, 0.2) is 0 Å². The van der Waals surface area contributed by atoms with Crippen LogP contribution in [0.5, 0.6) is 0 Å². The normalized spacial score (nSPS) is 12.0.